The van der Waals surface area contributed by atoms with Crippen LogP contribution in [0.1, 0.15) is 6.92 Å². The molecule has 0 aliphatic carbocycles. The fourth-order valence-electron chi connectivity index (χ4n) is 2.56. The van der Waals surface area contributed by atoms with E-state index in [1.54, 1.807) is 23.2 Å². The number of fused-ring (bicyclic) bond motifs is 1. The average molecular weight is 332 g/mol. The molecule has 0 unspecified atom stereocenters. The topological polar surface area (TPSA) is 77.2 Å². The first-order valence-electron chi connectivity index (χ1n) is 7.96. The Balaban J connectivity index is 1.65. The second kappa shape index (κ2) is 6.56. The van der Waals surface area contributed by atoms with Crippen LogP contribution in [-0.4, -0.2) is 31.4 Å². The summed E-state index contributed by atoms with van der Waals surface area (Å²) in [6.07, 6.45) is 5.17. The standard InChI is InChI=1S/C18H16N6O/c1-2-25-14-6-3-5-13(11-14)22-18-19-10-8-16(23-18)15-12-21-24-17(15)7-4-9-20-24/h3-12H,2H2,1H3,(H,19,22,23). The number of hydrogen-bond acceptors (Lipinski definition) is 6. The summed E-state index contributed by atoms with van der Waals surface area (Å²) in [5, 5.41) is 11.6. The van der Waals surface area contributed by atoms with Crippen molar-refractivity contribution in [1.82, 2.24) is 24.8 Å². The van der Waals surface area contributed by atoms with Crippen molar-refractivity contribution < 1.29 is 4.74 Å². The van der Waals surface area contributed by atoms with E-state index < -0.39 is 0 Å². The molecule has 0 bridgehead atoms. The smallest absolute Gasteiger partial charge is 0.227 e. The van der Waals surface area contributed by atoms with E-state index in [2.05, 4.69) is 25.5 Å². The highest BCUT2D eigenvalue weighted by Gasteiger charge is 2.09. The fourth-order valence-corrected chi connectivity index (χ4v) is 2.56. The number of anilines is 2. The average Bonchev–Trinajstić information content (AvgIpc) is 3.07. The monoisotopic (exact) mass is 332 g/mol. The first-order chi connectivity index (χ1) is 12.3. The van der Waals surface area contributed by atoms with Crippen molar-refractivity contribution in [2.45, 2.75) is 6.92 Å². The van der Waals surface area contributed by atoms with Gasteiger partial charge in [-0.1, -0.05) is 6.07 Å². The van der Waals surface area contributed by atoms with Gasteiger partial charge in [0.25, 0.3) is 0 Å². The van der Waals surface area contributed by atoms with E-state index in [4.69, 9.17) is 4.74 Å². The molecule has 0 amide bonds. The van der Waals surface area contributed by atoms with Crippen molar-refractivity contribution in [3.8, 4) is 17.0 Å². The molecule has 3 aromatic heterocycles. The van der Waals surface area contributed by atoms with Gasteiger partial charge in [0.2, 0.25) is 5.95 Å². The summed E-state index contributed by atoms with van der Waals surface area (Å²) in [4.78, 5) is 8.89. The number of nitrogens with zero attached hydrogens (tertiary/aromatic N) is 5. The van der Waals surface area contributed by atoms with Gasteiger partial charge in [0.05, 0.1) is 24.0 Å². The Labute approximate surface area is 144 Å². The summed E-state index contributed by atoms with van der Waals surface area (Å²) in [6, 6.07) is 13.4. The van der Waals surface area contributed by atoms with Crippen LogP contribution in [0, 0.1) is 0 Å². The third kappa shape index (κ3) is 3.12. The Morgan fingerprint density at radius 3 is 2.96 bits per heavy atom. The molecular formula is C18H16N6O. The Kier molecular flexibility index (Phi) is 3.96. The summed E-state index contributed by atoms with van der Waals surface area (Å²) in [7, 11) is 0. The highest BCUT2D eigenvalue weighted by atomic mass is 16.5. The van der Waals surface area contributed by atoms with E-state index in [-0.39, 0.29) is 0 Å². The summed E-state index contributed by atoms with van der Waals surface area (Å²) in [6.45, 7) is 2.58. The van der Waals surface area contributed by atoms with Crippen LogP contribution in [0.2, 0.25) is 0 Å². The van der Waals surface area contributed by atoms with E-state index in [1.165, 1.54) is 0 Å². The minimum Gasteiger partial charge on any atom is -0.494 e. The minimum atomic E-state index is 0.509. The lowest BCUT2D eigenvalue weighted by molar-refractivity contribution is 0.340. The van der Waals surface area contributed by atoms with Gasteiger partial charge in [0.15, 0.2) is 0 Å². The van der Waals surface area contributed by atoms with Crippen LogP contribution in [0.15, 0.2) is 61.1 Å². The fraction of sp³-hybridized carbons (Fsp3) is 0.111. The summed E-state index contributed by atoms with van der Waals surface area (Å²) in [5.74, 6) is 1.31. The molecule has 1 aromatic carbocycles. The Bertz CT molecular complexity index is 1010. The largest absolute Gasteiger partial charge is 0.494 e. The predicted octanol–water partition coefficient (Wildman–Crippen LogP) is 3.33. The van der Waals surface area contributed by atoms with Crippen molar-refractivity contribution >= 4 is 17.2 Å². The molecule has 4 rings (SSSR count). The molecule has 0 saturated heterocycles. The lowest BCUT2D eigenvalue weighted by Crippen LogP contribution is -1.99. The molecule has 0 aliphatic heterocycles. The zero-order valence-corrected chi connectivity index (χ0v) is 13.6. The van der Waals surface area contributed by atoms with Crippen LogP contribution in [0.25, 0.3) is 16.8 Å². The number of rotatable bonds is 5. The molecule has 1 N–H and O–H groups in total. The lowest BCUT2D eigenvalue weighted by atomic mass is 10.2. The maximum Gasteiger partial charge on any atom is 0.227 e. The third-order valence-corrected chi connectivity index (χ3v) is 3.64. The second-order valence-electron chi connectivity index (χ2n) is 5.31. The van der Waals surface area contributed by atoms with Crippen molar-refractivity contribution in [1.29, 1.82) is 0 Å². The van der Waals surface area contributed by atoms with Crippen LogP contribution in [0.3, 0.4) is 0 Å². The first-order valence-corrected chi connectivity index (χ1v) is 7.96. The summed E-state index contributed by atoms with van der Waals surface area (Å²) in [5.41, 5.74) is 3.44. The molecular weight excluding hydrogens is 316 g/mol. The molecule has 0 radical (unpaired) electrons. The lowest BCUT2D eigenvalue weighted by Gasteiger charge is -2.08. The number of benzene rings is 1. The molecule has 124 valence electrons. The van der Waals surface area contributed by atoms with Gasteiger partial charge >= 0.3 is 0 Å². The number of nitrogens with one attached hydrogen (secondary N) is 1. The molecule has 0 aliphatic rings. The van der Waals surface area contributed by atoms with Gasteiger partial charge in [0.1, 0.15) is 5.75 Å². The zero-order chi connectivity index (χ0) is 17.1. The predicted molar refractivity (Wildman–Crippen MR) is 94.9 cm³/mol. The quantitative estimate of drug-likeness (QED) is 0.604. The highest BCUT2D eigenvalue weighted by Crippen LogP contribution is 2.24. The van der Waals surface area contributed by atoms with Gasteiger partial charge in [-0.2, -0.15) is 14.8 Å². The molecule has 0 atom stereocenters. The normalized spacial score (nSPS) is 10.8. The molecule has 7 nitrogen and oxygen atoms in total. The van der Waals surface area contributed by atoms with Crippen LogP contribution >= 0.6 is 0 Å². The summed E-state index contributed by atoms with van der Waals surface area (Å²) < 4.78 is 7.10. The van der Waals surface area contributed by atoms with Crippen molar-refractivity contribution in [2.75, 3.05) is 11.9 Å². The minimum absolute atomic E-state index is 0.509. The summed E-state index contributed by atoms with van der Waals surface area (Å²) >= 11 is 0. The first kappa shape index (κ1) is 15.1. The van der Waals surface area contributed by atoms with Crippen LogP contribution in [0.5, 0.6) is 5.75 Å². The van der Waals surface area contributed by atoms with Crippen LogP contribution in [0.4, 0.5) is 11.6 Å². The third-order valence-electron chi connectivity index (χ3n) is 3.64. The van der Waals surface area contributed by atoms with Crippen molar-refractivity contribution in [2.24, 2.45) is 0 Å². The van der Waals surface area contributed by atoms with Gasteiger partial charge in [-0.05, 0) is 37.3 Å². The Hall–Kier alpha value is -3.48. The molecule has 0 fully saturated rings. The molecule has 25 heavy (non-hydrogen) atoms. The van der Waals surface area contributed by atoms with E-state index in [0.29, 0.717) is 12.6 Å². The number of ether oxygens (including phenoxy) is 1. The van der Waals surface area contributed by atoms with E-state index in [0.717, 1.165) is 28.2 Å². The maximum absolute atomic E-state index is 5.52. The van der Waals surface area contributed by atoms with E-state index >= 15 is 0 Å². The number of aromatic nitrogens is 5. The van der Waals surface area contributed by atoms with Crippen molar-refractivity contribution in [3.63, 3.8) is 0 Å². The van der Waals surface area contributed by atoms with Crippen LogP contribution in [-0.2, 0) is 0 Å². The molecule has 7 heteroatoms. The SMILES string of the molecule is CCOc1cccc(Nc2nccc(-c3cnn4ncccc34)n2)c1. The molecule has 0 saturated carbocycles. The van der Waals surface area contributed by atoms with E-state index in [9.17, 15) is 0 Å². The Morgan fingerprint density at radius 2 is 2.04 bits per heavy atom. The van der Waals surface area contributed by atoms with E-state index in [1.807, 2.05) is 49.4 Å². The van der Waals surface area contributed by atoms with Crippen LogP contribution < -0.4 is 10.1 Å². The van der Waals surface area contributed by atoms with Gasteiger partial charge < -0.3 is 10.1 Å². The molecule has 0 spiro atoms. The maximum atomic E-state index is 5.52. The zero-order valence-electron chi connectivity index (χ0n) is 13.6. The highest BCUT2D eigenvalue weighted by molar-refractivity contribution is 5.77. The van der Waals surface area contributed by atoms with Gasteiger partial charge in [-0.15, -0.1) is 0 Å². The Morgan fingerprint density at radius 1 is 1.08 bits per heavy atom. The van der Waals surface area contributed by atoms with Gasteiger partial charge in [-0.3, -0.25) is 0 Å². The van der Waals surface area contributed by atoms with Crippen molar-refractivity contribution in [3.05, 3.63) is 61.1 Å². The second-order valence-corrected chi connectivity index (χ2v) is 5.31. The van der Waals surface area contributed by atoms with Gasteiger partial charge in [-0.25, -0.2) is 9.97 Å². The molecule has 4 aromatic rings. The molecule has 3 heterocycles. The number of hydrogen-bond donors (Lipinski definition) is 1. The van der Waals surface area contributed by atoms with Gasteiger partial charge in [0, 0.05) is 29.7 Å².